The molecule has 0 unspecified atom stereocenters. The van der Waals surface area contributed by atoms with E-state index in [0.29, 0.717) is 6.54 Å². The van der Waals surface area contributed by atoms with Crippen LogP contribution in [0.2, 0.25) is 0 Å². The second-order valence-corrected chi connectivity index (χ2v) is 5.24. The lowest BCUT2D eigenvalue weighted by Crippen LogP contribution is -2.03. The minimum Gasteiger partial charge on any atom is -0.508 e. The number of benzene rings is 2. The molecule has 0 radical (unpaired) electrons. The zero-order valence-electron chi connectivity index (χ0n) is 10.9. The van der Waals surface area contributed by atoms with E-state index in [1.54, 1.807) is 19.2 Å². The average molecular weight is 322 g/mol. The molecule has 2 rings (SSSR count). The van der Waals surface area contributed by atoms with Crippen LogP contribution in [0.5, 0.6) is 11.5 Å². The number of hydrogen-bond acceptors (Lipinski definition) is 3. The van der Waals surface area contributed by atoms with E-state index in [-0.39, 0.29) is 5.75 Å². The van der Waals surface area contributed by atoms with E-state index in [2.05, 4.69) is 21.2 Å². The van der Waals surface area contributed by atoms with Crippen molar-refractivity contribution in [2.45, 2.75) is 13.5 Å². The van der Waals surface area contributed by atoms with Crippen LogP contribution >= 0.6 is 15.9 Å². The lowest BCUT2D eigenvalue weighted by atomic mass is 10.1. The largest absolute Gasteiger partial charge is 0.508 e. The van der Waals surface area contributed by atoms with Gasteiger partial charge >= 0.3 is 0 Å². The number of nitrogens with one attached hydrogen (secondary N) is 1. The Bertz CT molecular complexity index is 584. The van der Waals surface area contributed by atoms with Crippen LogP contribution in [0.3, 0.4) is 0 Å². The number of hydrogen-bond donors (Lipinski definition) is 2. The Morgan fingerprint density at radius 3 is 2.74 bits per heavy atom. The molecule has 0 saturated heterocycles. The van der Waals surface area contributed by atoms with Crippen LogP contribution < -0.4 is 10.1 Å². The summed E-state index contributed by atoms with van der Waals surface area (Å²) in [5, 5.41) is 12.8. The highest BCUT2D eigenvalue weighted by molar-refractivity contribution is 9.10. The van der Waals surface area contributed by atoms with E-state index in [1.807, 2.05) is 31.2 Å². The third-order valence-electron chi connectivity index (χ3n) is 2.86. The number of methoxy groups -OCH3 is 1. The van der Waals surface area contributed by atoms with Crippen molar-refractivity contribution in [2.75, 3.05) is 12.4 Å². The number of aryl methyl sites for hydroxylation is 1. The van der Waals surface area contributed by atoms with E-state index in [0.717, 1.165) is 27.0 Å². The second kappa shape index (κ2) is 5.97. The van der Waals surface area contributed by atoms with Crippen molar-refractivity contribution in [2.24, 2.45) is 0 Å². The van der Waals surface area contributed by atoms with Crippen LogP contribution in [0.1, 0.15) is 11.1 Å². The quantitative estimate of drug-likeness (QED) is 0.891. The zero-order chi connectivity index (χ0) is 13.8. The first kappa shape index (κ1) is 13.7. The molecule has 3 nitrogen and oxygen atoms in total. The molecule has 0 fully saturated rings. The van der Waals surface area contributed by atoms with Crippen molar-refractivity contribution in [3.05, 3.63) is 52.0 Å². The van der Waals surface area contributed by atoms with Crippen LogP contribution in [0.15, 0.2) is 40.9 Å². The molecule has 0 heterocycles. The third-order valence-corrected chi connectivity index (χ3v) is 3.32. The van der Waals surface area contributed by atoms with Crippen LogP contribution in [-0.2, 0) is 6.54 Å². The molecule has 0 amide bonds. The summed E-state index contributed by atoms with van der Waals surface area (Å²) in [6.45, 7) is 2.66. The Kier molecular flexibility index (Phi) is 4.32. The summed E-state index contributed by atoms with van der Waals surface area (Å²) in [7, 11) is 1.65. The molecule has 0 aromatic heterocycles. The summed E-state index contributed by atoms with van der Waals surface area (Å²) in [5.41, 5.74) is 3.09. The monoisotopic (exact) mass is 321 g/mol. The number of anilines is 1. The Morgan fingerprint density at radius 2 is 2.05 bits per heavy atom. The minimum atomic E-state index is 0.277. The highest BCUT2D eigenvalue weighted by atomic mass is 79.9. The number of phenolic OH excluding ortho intramolecular Hbond substituents is 1. The number of rotatable bonds is 4. The normalized spacial score (nSPS) is 10.3. The van der Waals surface area contributed by atoms with E-state index >= 15 is 0 Å². The van der Waals surface area contributed by atoms with Gasteiger partial charge in [-0.25, -0.2) is 0 Å². The molecular weight excluding hydrogens is 306 g/mol. The molecule has 100 valence electrons. The van der Waals surface area contributed by atoms with Crippen LogP contribution in [0.4, 0.5) is 5.69 Å². The van der Waals surface area contributed by atoms with Crippen LogP contribution in [-0.4, -0.2) is 12.2 Å². The van der Waals surface area contributed by atoms with Gasteiger partial charge in [-0.05, 0) is 42.3 Å². The van der Waals surface area contributed by atoms with Gasteiger partial charge in [0, 0.05) is 11.0 Å². The molecule has 2 N–H and O–H groups in total. The molecule has 0 aliphatic rings. The van der Waals surface area contributed by atoms with Gasteiger partial charge in [-0.3, -0.25) is 0 Å². The molecule has 0 bridgehead atoms. The fourth-order valence-corrected chi connectivity index (χ4v) is 2.51. The van der Waals surface area contributed by atoms with E-state index in [1.165, 1.54) is 0 Å². The Morgan fingerprint density at radius 1 is 1.26 bits per heavy atom. The van der Waals surface area contributed by atoms with Crippen molar-refractivity contribution in [1.82, 2.24) is 0 Å². The van der Waals surface area contributed by atoms with E-state index < -0.39 is 0 Å². The Balaban J connectivity index is 2.19. The minimum absolute atomic E-state index is 0.277. The van der Waals surface area contributed by atoms with Crippen LogP contribution in [0, 0.1) is 6.92 Å². The second-order valence-electron chi connectivity index (χ2n) is 4.32. The van der Waals surface area contributed by atoms with Gasteiger partial charge in [0.1, 0.15) is 11.5 Å². The van der Waals surface area contributed by atoms with Crippen molar-refractivity contribution < 1.29 is 9.84 Å². The van der Waals surface area contributed by atoms with Crippen molar-refractivity contribution in [3.8, 4) is 11.5 Å². The Labute approximate surface area is 121 Å². The molecule has 4 heteroatoms. The summed E-state index contributed by atoms with van der Waals surface area (Å²) in [4.78, 5) is 0. The molecule has 2 aromatic rings. The molecule has 0 aliphatic heterocycles. The highest BCUT2D eigenvalue weighted by Gasteiger charge is 2.08. The number of ether oxygens (including phenoxy) is 1. The zero-order valence-corrected chi connectivity index (χ0v) is 12.5. The van der Waals surface area contributed by atoms with Crippen molar-refractivity contribution in [3.63, 3.8) is 0 Å². The van der Waals surface area contributed by atoms with E-state index in [4.69, 9.17) is 4.74 Å². The standard InChI is InChI=1S/C15H16BrNO2/c1-10-6-12(16)8-14(19-2)15(10)17-9-11-4-3-5-13(18)7-11/h3-8,17-18H,9H2,1-2H3. The van der Waals surface area contributed by atoms with Gasteiger partial charge in [-0.1, -0.05) is 28.1 Å². The number of halogens is 1. The molecule has 0 atom stereocenters. The molecule has 0 aliphatic carbocycles. The molecule has 0 saturated carbocycles. The van der Waals surface area contributed by atoms with Crippen molar-refractivity contribution in [1.29, 1.82) is 0 Å². The van der Waals surface area contributed by atoms with Gasteiger partial charge < -0.3 is 15.2 Å². The lowest BCUT2D eigenvalue weighted by Gasteiger charge is -2.14. The van der Waals surface area contributed by atoms with Crippen molar-refractivity contribution >= 4 is 21.6 Å². The summed E-state index contributed by atoms with van der Waals surface area (Å²) in [6.07, 6.45) is 0. The summed E-state index contributed by atoms with van der Waals surface area (Å²) < 4.78 is 6.37. The molecular formula is C15H16BrNO2. The summed E-state index contributed by atoms with van der Waals surface area (Å²) in [5.74, 6) is 1.07. The maximum absolute atomic E-state index is 9.44. The average Bonchev–Trinajstić information content (AvgIpc) is 2.37. The fraction of sp³-hybridized carbons (Fsp3) is 0.200. The van der Waals surface area contributed by atoms with Gasteiger partial charge in [-0.15, -0.1) is 0 Å². The smallest absolute Gasteiger partial charge is 0.143 e. The first-order valence-electron chi connectivity index (χ1n) is 5.96. The van der Waals surface area contributed by atoms with Gasteiger partial charge in [0.25, 0.3) is 0 Å². The predicted octanol–water partition coefficient (Wildman–Crippen LogP) is 4.08. The summed E-state index contributed by atoms with van der Waals surface area (Å²) >= 11 is 3.45. The predicted molar refractivity (Wildman–Crippen MR) is 80.9 cm³/mol. The first-order chi connectivity index (χ1) is 9.10. The van der Waals surface area contributed by atoms with Gasteiger partial charge in [0.05, 0.1) is 12.8 Å². The van der Waals surface area contributed by atoms with Gasteiger partial charge in [0.2, 0.25) is 0 Å². The lowest BCUT2D eigenvalue weighted by molar-refractivity contribution is 0.416. The topological polar surface area (TPSA) is 41.5 Å². The molecule has 2 aromatic carbocycles. The van der Waals surface area contributed by atoms with E-state index in [9.17, 15) is 5.11 Å². The maximum Gasteiger partial charge on any atom is 0.143 e. The Hall–Kier alpha value is -1.68. The highest BCUT2D eigenvalue weighted by Crippen LogP contribution is 2.32. The number of phenols is 1. The first-order valence-corrected chi connectivity index (χ1v) is 6.75. The number of aromatic hydroxyl groups is 1. The summed E-state index contributed by atoms with van der Waals surface area (Å²) in [6, 6.07) is 11.2. The maximum atomic E-state index is 9.44. The molecule has 19 heavy (non-hydrogen) atoms. The SMILES string of the molecule is COc1cc(Br)cc(C)c1NCc1cccc(O)c1. The fourth-order valence-electron chi connectivity index (χ4n) is 1.96. The van der Waals surface area contributed by atoms with Gasteiger partial charge in [0.15, 0.2) is 0 Å². The van der Waals surface area contributed by atoms with Crippen LogP contribution in [0.25, 0.3) is 0 Å². The molecule has 0 spiro atoms. The third kappa shape index (κ3) is 3.41. The van der Waals surface area contributed by atoms with Gasteiger partial charge in [-0.2, -0.15) is 0 Å².